The predicted molar refractivity (Wildman–Crippen MR) is 81.5 cm³/mol. The number of rotatable bonds is 5. The molecule has 1 aliphatic rings. The predicted octanol–water partition coefficient (Wildman–Crippen LogP) is 4.99. The molecule has 0 fully saturated rings. The van der Waals surface area contributed by atoms with Crippen LogP contribution in [0, 0.1) is 6.92 Å². The quantitative estimate of drug-likeness (QED) is 0.673. The van der Waals surface area contributed by atoms with Crippen LogP contribution in [0.5, 0.6) is 5.75 Å². The van der Waals surface area contributed by atoms with E-state index in [0.29, 0.717) is 0 Å². The average Bonchev–Trinajstić information content (AvgIpc) is 2.43. The van der Waals surface area contributed by atoms with Crippen LogP contribution in [-0.2, 0) is 0 Å². The minimum Gasteiger partial charge on any atom is -0.479 e. The van der Waals surface area contributed by atoms with Gasteiger partial charge in [-0.1, -0.05) is 55.3 Å². The summed E-state index contributed by atoms with van der Waals surface area (Å²) in [5.74, 6) is 0.923. The normalized spacial score (nSPS) is 22.0. The number of hydrogen-bond acceptors (Lipinski definition) is 1. The van der Waals surface area contributed by atoms with Crippen LogP contribution in [0.25, 0.3) is 0 Å². The summed E-state index contributed by atoms with van der Waals surface area (Å²) in [6.45, 7) is 4.28. The molecule has 1 aliphatic carbocycles. The summed E-state index contributed by atoms with van der Waals surface area (Å²) in [5, 5.41) is 0. The van der Waals surface area contributed by atoms with Crippen molar-refractivity contribution in [1.29, 1.82) is 0 Å². The van der Waals surface area contributed by atoms with Gasteiger partial charge in [-0.05, 0) is 37.6 Å². The second kappa shape index (κ2) is 6.42. The summed E-state index contributed by atoms with van der Waals surface area (Å²) in [6.07, 6.45) is 16.0. The topological polar surface area (TPSA) is 9.23 Å². The van der Waals surface area contributed by atoms with Crippen molar-refractivity contribution < 1.29 is 4.74 Å². The number of benzene rings is 1. The van der Waals surface area contributed by atoms with Crippen molar-refractivity contribution in [2.45, 2.75) is 38.7 Å². The van der Waals surface area contributed by atoms with Crippen LogP contribution in [-0.4, -0.2) is 5.60 Å². The van der Waals surface area contributed by atoms with Gasteiger partial charge in [0.25, 0.3) is 0 Å². The molecule has 0 aromatic heterocycles. The second-order valence-electron chi connectivity index (χ2n) is 5.05. The van der Waals surface area contributed by atoms with Crippen LogP contribution in [0.15, 0.2) is 60.7 Å². The first-order chi connectivity index (χ1) is 9.24. The van der Waals surface area contributed by atoms with E-state index in [1.807, 2.05) is 12.1 Å². The maximum atomic E-state index is 6.22. The average molecular weight is 254 g/mol. The highest BCUT2D eigenvalue weighted by atomic mass is 16.5. The molecule has 1 nitrogen and oxygen atoms in total. The van der Waals surface area contributed by atoms with Gasteiger partial charge in [0, 0.05) is 6.42 Å². The van der Waals surface area contributed by atoms with Crippen LogP contribution in [0.2, 0.25) is 0 Å². The number of ether oxygens (including phenoxy) is 1. The molecule has 0 aliphatic heterocycles. The fraction of sp³-hybridized carbons (Fsp3) is 0.333. The Balaban J connectivity index is 2.16. The first-order valence-corrected chi connectivity index (χ1v) is 7.02. The van der Waals surface area contributed by atoms with Crippen molar-refractivity contribution in [3.63, 3.8) is 0 Å². The minimum absolute atomic E-state index is 0.320. The van der Waals surface area contributed by atoms with Crippen molar-refractivity contribution in [3.8, 4) is 5.75 Å². The molecule has 0 saturated heterocycles. The maximum Gasteiger partial charge on any atom is 0.149 e. The third-order valence-electron chi connectivity index (χ3n) is 3.25. The third kappa shape index (κ3) is 3.85. The van der Waals surface area contributed by atoms with Crippen LogP contribution in [0.1, 0.15) is 31.7 Å². The molecule has 0 heterocycles. The van der Waals surface area contributed by atoms with Gasteiger partial charge in [0.1, 0.15) is 11.4 Å². The Morgan fingerprint density at radius 1 is 1.21 bits per heavy atom. The third-order valence-corrected chi connectivity index (χ3v) is 3.25. The number of allylic oxidation sites excluding steroid dienone is 3. The fourth-order valence-corrected chi connectivity index (χ4v) is 2.13. The van der Waals surface area contributed by atoms with Gasteiger partial charge in [0.05, 0.1) is 0 Å². The molecule has 19 heavy (non-hydrogen) atoms. The van der Waals surface area contributed by atoms with E-state index in [2.05, 4.69) is 62.4 Å². The number of aryl methyl sites for hydroxylation is 1. The van der Waals surface area contributed by atoms with Gasteiger partial charge in [-0.15, -0.1) is 0 Å². The maximum absolute atomic E-state index is 6.22. The molecule has 0 spiro atoms. The SMILES string of the molecule is CCC/C=C/C1(Oc2ccc(C)cc2)C=CC=CC1. The van der Waals surface area contributed by atoms with Crippen LogP contribution in [0.4, 0.5) is 0 Å². The van der Waals surface area contributed by atoms with Gasteiger partial charge in [-0.3, -0.25) is 0 Å². The standard InChI is InChI=1S/C18H22O/c1-3-4-6-13-18(14-7-5-8-15-18)19-17-11-9-16(2)10-12-17/h5-14H,3-4,15H2,1-2H3/b13-6+. The smallest absolute Gasteiger partial charge is 0.149 e. The Morgan fingerprint density at radius 2 is 2.00 bits per heavy atom. The van der Waals surface area contributed by atoms with Crippen molar-refractivity contribution >= 4 is 0 Å². The molecule has 1 atom stereocenters. The Morgan fingerprint density at radius 3 is 2.63 bits per heavy atom. The van der Waals surface area contributed by atoms with Crippen LogP contribution in [0.3, 0.4) is 0 Å². The summed E-state index contributed by atoms with van der Waals surface area (Å²) in [6, 6.07) is 8.25. The first kappa shape index (κ1) is 13.7. The Bertz CT molecular complexity index is 479. The van der Waals surface area contributed by atoms with E-state index in [0.717, 1.165) is 25.0 Å². The van der Waals surface area contributed by atoms with Crippen molar-refractivity contribution in [2.75, 3.05) is 0 Å². The Labute approximate surface area is 116 Å². The summed E-state index contributed by atoms with van der Waals surface area (Å²) < 4.78 is 6.22. The molecule has 0 radical (unpaired) electrons. The highest BCUT2D eigenvalue weighted by Gasteiger charge is 2.25. The van der Waals surface area contributed by atoms with Gasteiger partial charge >= 0.3 is 0 Å². The summed E-state index contributed by atoms with van der Waals surface area (Å²) in [7, 11) is 0. The van der Waals surface area contributed by atoms with Crippen molar-refractivity contribution in [2.24, 2.45) is 0 Å². The lowest BCUT2D eigenvalue weighted by Crippen LogP contribution is -2.31. The molecule has 0 bridgehead atoms. The van der Waals surface area contributed by atoms with Gasteiger partial charge in [0.15, 0.2) is 0 Å². The Hall–Kier alpha value is -1.76. The van der Waals surface area contributed by atoms with E-state index in [9.17, 15) is 0 Å². The molecule has 0 N–H and O–H groups in total. The van der Waals surface area contributed by atoms with Crippen molar-refractivity contribution in [1.82, 2.24) is 0 Å². The van der Waals surface area contributed by atoms with Crippen LogP contribution < -0.4 is 4.74 Å². The molecule has 1 heteroatoms. The number of hydrogen-bond donors (Lipinski definition) is 0. The zero-order valence-electron chi connectivity index (χ0n) is 11.8. The van der Waals surface area contributed by atoms with E-state index < -0.39 is 0 Å². The van der Waals surface area contributed by atoms with E-state index >= 15 is 0 Å². The first-order valence-electron chi connectivity index (χ1n) is 7.02. The second-order valence-corrected chi connectivity index (χ2v) is 5.05. The Kier molecular flexibility index (Phi) is 4.62. The summed E-state index contributed by atoms with van der Waals surface area (Å²) in [5.41, 5.74) is 0.932. The van der Waals surface area contributed by atoms with Gasteiger partial charge in [-0.2, -0.15) is 0 Å². The van der Waals surface area contributed by atoms with Gasteiger partial charge in [-0.25, -0.2) is 0 Å². The molecular weight excluding hydrogens is 232 g/mol. The molecule has 1 aromatic rings. The molecule has 100 valence electrons. The molecule has 0 amide bonds. The zero-order chi connectivity index (χ0) is 13.6. The van der Waals surface area contributed by atoms with Crippen LogP contribution >= 0.6 is 0 Å². The van der Waals surface area contributed by atoms with Gasteiger partial charge in [0.2, 0.25) is 0 Å². The molecule has 2 rings (SSSR count). The van der Waals surface area contributed by atoms with E-state index in [4.69, 9.17) is 4.74 Å². The fourth-order valence-electron chi connectivity index (χ4n) is 2.13. The van der Waals surface area contributed by atoms with E-state index in [1.165, 1.54) is 5.56 Å². The molecule has 1 unspecified atom stereocenters. The largest absolute Gasteiger partial charge is 0.479 e. The molecular formula is C18H22O. The highest BCUT2D eigenvalue weighted by Crippen LogP contribution is 2.27. The van der Waals surface area contributed by atoms with Gasteiger partial charge < -0.3 is 4.74 Å². The highest BCUT2D eigenvalue weighted by molar-refractivity contribution is 5.32. The molecule has 0 saturated carbocycles. The minimum atomic E-state index is -0.320. The van der Waals surface area contributed by atoms with E-state index in [-0.39, 0.29) is 5.60 Å². The monoisotopic (exact) mass is 254 g/mol. The van der Waals surface area contributed by atoms with Crippen molar-refractivity contribution in [3.05, 3.63) is 66.3 Å². The number of unbranched alkanes of at least 4 members (excludes halogenated alkanes) is 1. The lowest BCUT2D eigenvalue weighted by molar-refractivity contribution is 0.173. The lowest BCUT2D eigenvalue weighted by Gasteiger charge is -2.29. The zero-order valence-corrected chi connectivity index (χ0v) is 11.8. The van der Waals surface area contributed by atoms with E-state index in [1.54, 1.807) is 0 Å². The summed E-state index contributed by atoms with van der Waals surface area (Å²) >= 11 is 0. The molecule has 1 aromatic carbocycles. The lowest BCUT2D eigenvalue weighted by atomic mass is 9.94. The summed E-state index contributed by atoms with van der Waals surface area (Å²) in [4.78, 5) is 0.